The summed E-state index contributed by atoms with van der Waals surface area (Å²) in [6, 6.07) is 17.6. The van der Waals surface area contributed by atoms with Crippen molar-refractivity contribution in [2.45, 2.75) is 0 Å². The summed E-state index contributed by atoms with van der Waals surface area (Å²) in [5, 5.41) is 11.9. The Labute approximate surface area is 101 Å². The molecule has 17 heavy (non-hydrogen) atoms. The van der Waals surface area contributed by atoms with Gasteiger partial charge in [-0.15, -0.1) is 0 Å². The van der Waals surface area contributed by atoms with Crippen molar-refractivity contribution in [2.75, 3.05) is 18.5 Å². The number of para-hydroxylation sites is 1. The SMILES string of the molecule is OCCOc1ccc(Nc2ccccc2)cc1. The van der Waals surface area contributed by atoms with Gasteiger partial charge in [-0.05, 0) is 36.4 Å². The Morgan fingerprint density at radius 2 is 1.53 bits per heavy atom. The second kappa shape index (κ2) is 5.92. The minimum atomic E-state index is 0.0318. The third-order valence-electron chi connectivity index (χ3n) is 2.28. The second-order valence-electron chi connectivity index (χ2n) is 3.59. The number of rotatable bonds is 5. The first-order valence-corrected chi connectivity index (χ1v) is 5.54. The average Bonchev–Trinajstić information content (AvgIpc) is 2.39. The van der Waals surface area contributed by atoms with E-state index in [0.29, 0.717) is 6.61 Å². The molecule has 0 amide bonds. The quantitative estimate of drug-likeness (QED) is 0.828. The summed E-state index contributed by atoms with van der Waals surface area (Å²) in [6.45, 7) is 0.357. The topological polar surface area (TPSA) is 41.5 Å². The largest absolute Gasteiger partial charge is 0.491 e. The van der Waals surface area contributed by atoms with Crippen molar-refractivity contribution in [3.63, 3.8) is 0 Å². The molecule has 2 rings (SSSR count). The zero-order valence-electron chi connectivity index (χ0n) is 9.47. The van der Waals surface area contributed by atoms with Crippen LogP contribution < -0.4 is 10.1 Å². The molecule has 0 atom stereocenters. The zero-order chi connectivity index (χ0) is 11.9. The number of aliphatic hydroxyl groups excluding tert-OH is 1. The van der Waals surface area contributed by atoms with E-state index in [-0.39, 0.29) is 6.61 Å². The molecule has 0 aromatic heterocycles. The molecule has 2 aromatic carbocycles. The van der Waals surface area contributed by atoms with Crippen molar-refractivity contribution in [3.05, 3.63) is 54.6 Å². The zero-order valence-corrected chi connectivity index (χ0v) is 9.47. The highest BCUT2D eigenvalue weighted by Crippen LogP contribution is 2.19. The lowest BCUT2D eigenvalue weighted by Crippen LogP contribution is -2.01. The smallest absolute Gasteiger partial charge is 0.119 e. The summed E-state index contributed by atoms with van der Waals surface area (Å²) >= 11 is 0. The summed E-state index contributed by atoms with van der Waals surface area (Å²) in [6.07, 6.45) is 0. The molecule has 0 aliphatic rings. The third-order valence-corrected chi connectivity index (χ3v) is 2.28. The fraction of sp³-hybridized carbons (Fsp3) is 0.143. The van der Waals surface area contributed by atoms with Crippen molar-refractivity contribution in [3.8, 4) is 5.75 Å². The Hall–Kier alpha value is -2.00. The maximum absolute atomic E-state index is 8.64. The molecule has 0 spiro atoms. The van der Waals surface area contributed by atoms with Gasteiger partial charge in [0.1, 0.15) is 12.4 Å². The predicted octanol–water partition coefficient (Wildman–Crippen LogP) is 2.80. The van der Waals surface area contributed by atoms with Crippen molar-refractivity contribution in [2.24, 2.45) is 0 Å². The number of benzene rings is 2. The molecule has 2 aromatic rings. The van der Waals surface area contributed by atoms with Gasteiger partial charge in [-0.2, -0.15) is 0 Å². The van der Waals surface area contributed by atoms with E-state index in [4.69, 9.17) is 9.84 Å². The summed E-state index contributed by atoms with van der Waals surface area (Å²) in [7, 11) is 0. The number of aliphatic hydroxyl groups is 1. The van der Waals surface area contributed by atoms with Crippen LogP contribution in [-0.2, 0) is 0 Å². The Morgan fingerprint density at radius 3 is 2.18 bits per heavy atom. The Kier molecular flexibility index (Phi) is 4.00. The minimum Gasteiger partial charge on any atom is -0.491 e. The number of hydrogen-bond donors (Lipinski definition) is 2. The van der Waals surface area contributed by atoms with E-state index in [1.807, 2.05) is 54.6 Å². The van der Waals surface area contributed by atoms with Crippen LogP contribution in [-0.4, -0.2) is 18.3 Å². The van der Waals surface area contributed by atoms with Crippen LogP contribution in [0.5, 0.6) is 5.75 Å². The molecule has 0 unspecified atom stereocenters. The summed E-state index contributed by atoms with van der Waals surface area (Å²) in [5.41, 5.74) is 2.06. The summed E-state index contributed by atoms with van der Waals surface area (Å²) < 4.78 is 5.28. The maximum atomic E-state index is 8.64. The van der Waals surface area contributed by atoms with Crippen LogP contribution in [0.4, 0.5) is 11.4 Å². The molecular formula is C14H15NO2. The molecule has 0 aliphatic heterocycles. The van der Waals surface area contributed by atoms with E-state index in [1.165, 1.54) is 0 Å². The van der Waals surface area contributed by atoms with Crippen molar-refractivity contribution >= 4 is 11.4 Å². The second-order valence-corrected chi connectivity index (χ2v) is 3.59. The van der Waals surface area contributed by atoms with Crippen LogP contribution in [0.25, 0.3) is 0 Å². The number of nitrogens with one attached hydrogen (secondary N) is 1. The van der Waals surface area contributed by atoms with E-state index < -0.39 is 0 Å². The maximum Gasteiger partial charge on any atom is 0.119 e. The molecule has 3 heteroatoms. The lowest BCUT2D eigenvalue weighted by atomic mass is 10.2. The molecular weight excluding hydrogens is 214 g/mol. The third kappa shape index (κ3) is 3.50. The Balaban J connectivity index is 1.98. The van der Waals surface area contributed by atoms with Gasteiger partial charge in [0.15, 0.2) is 0 Å². The first-order valence-electron chi connectivity index (χ1n) is 5.54. The van der Waals surface area contributed by atoms with Gasteiger partial charge < -0.3 is 15.2 Å². The minimum absolute atomic E-state index is 0.0318. The highest BCUT2D eigenvalue weighted by Gasteiger charge is 1.95. The highest BCUT2D eigenvalue weighted by molar-refractivity contribution is 5.59. The average molecular weight is 229 g/mol. The molecule has 88 valence electrons. The molecule has 0 aliphatic carbocycles. The van der Waals surface area contributed by atoms with Crippen LogP contribution in [0.3, 0.4) is 0 Å². The van der Waals surface area contributed by atoms with Crippen molar-refractivity contribution in [1.29, 1.82) is 0 Å². The van der Waals surface area contributed by atoms with Crippen molar-refractivity contribution in [1.82, 2.24) is 0 Å². The fourth-order valence-corrected chi connectivity index (χ4v) is 1.49. The molecule has 0 bridgehead atoms. The molecule has 0 fully saturated rings. The number of ether oxygens (including phenoxy) is 1. The molecule has 0 heterocycles. The molecule has 0 radical (unpaired) electrons. The van der Waals surface area contributed by atoms with Crippen LogP contribution in [0.1, 0.15) is 0 Å². The summed E-state index contributed by atoms with van der Waals surface area (Å²) in [5.74, 6) is 0.762. The molecule has 0 saturated heterocycles. The van der Waals surface area contributed by atoms with Gasteiger partial charge in [-0.3, -0.25) is 0 Å². The van der Waals surface area contributed by atoms with E-state index in [2.05, 4.69) is 5.32 Å². The highest BCUT2D eigenvalue weighted by atomic mass is 16.5. The van der Waals surface area contributed by atoms with Gasteiger partial charge in [0.25, 0.3) is 0 Å². The van der Waals surface area contributed by atoms with E-state index in [1.54, 1.807) is 0 Å². The monoisotopic (exact) mass is 229 g/mol. The van der Waals surface area contributed by atoms with Gasteiger partial charge >= 0.3 is 0 Å². The van der Waals surface area contributed by atoms with Crippen molar-refractivity contribution < 1.29 is 9.84 Å². The lowest BCUT2D eigenvalue weighted by molar-refractivity contribution is 0.201. The molecule has 2 N–H and O–H groups in total. The van der Waals surface area contributed by atoms with Crippen LogP contribution in [0, 0.1) is 0 Å². The van der Waals surface area contributed by atoms with Crippen LogP contribution in [0.15, 0.2) is 54.6 Å². The van der Waals surface area contributed by atoms with Crippen LogP contribution >= 0.6 is 0 Å². The number of anilines is 2. The lowest BCUT2D eigenvalue weighted by Gasteiger charge is -2.08. The first-order chi connectivity index (χ1) is 8.38. The molecule has 3 nitrogen and oxygen atoms in total. The molecule has 0 saturated carbocycles. The Morgan fingerprint density at radius 1 is 0.882 bits per heavy atom. The predicted molar refractivity (Wildman–Crippen MR) is 68.7 cm³/mol. The van der Waals surface area contributed by atoms with Gasteiger partial charge in [0, 0.05) is 11.4 Å². The van der Waals surface area contributed by atoms with E-state index >= 15 is 0 Å². The van der Waals surface area contributed by atoms with Gasteiger partial charge in [-0.1, -0.05) is 18.2 Å². The van der Waals surface area contributed by atoms with Crippen LogP contribution in [0.2, 0.25) is 0 Å². The van der Waals surface area contributed by atoms with E-state index in [0.717, 1.165) is 17.1 Å². The van der Waals surface area contributed by atoms with Gasteiger partial charge in [0.2, 0.25) is 0 Å². The standard InChI is InChI=1S/C14H15NO2/c16-10-11-17-14-8-6-13(7-9-14)15-12-4-2-1-3-5-12/h1-9,15-16H,10-11H2. The first kappa shape index (κ1) is 11.5. The van der Waals surface area contributed by atoms with Gasteiger partial charge in [-0.25, -0.2) is 0 Å². The normalized spacial score (nSPS) is 9.94. The fourth-order valence-electron chi connectivity index (χ4n) is 1.49. The van der Waals surface area contributed by atoms with E-state index in [9.17, 15) is 0 Å². The number of hydrogen-bond acceptors (Lipinski definition) is 3. The van der Waals surface area contributed by atoms with Gasteiger partial charge in [0.05, 0.1) is 6.61 Å². The summed E-state index contributed by atoms with van der Waals surface area (Å²) in [4.78, 5) is 0. The Bertz CT molecular complexity index is 440.